The highest BCUT2D eigenvalue weighted by Crippen LogP contribution is 2.25. The highest BCUT2D eigenvalue weighted by Gasteiger charge is 2.19. The van der Waals surface area contributed by atoms with E-state index in [9.17, 15) is 10.1 Å². The summed E-state index contributed by atoms with van der Waals surface area (Å²) in [4.78, 5) is 18.5. The molecule has 0 saturated carbocycles. The SMILES string of the molecule is Cc1[nH]c2ccccc2c1C(=O)/C(C#N)=C/c1ccc(N2CCOCC2)cc1. The minimum atomic E-state index is -0.255. The van der Waals surface area contributed by atoms with Crippen LogP contribution in [-0.2, 0) is 4.74 Å². The highest BCUT2D eigenvalue weighted by molar-refractivity contribution is 6.20. The molecule has 1 fully saturated rings. The van der Waals surface area contributed by atoms with Crippen molar-refractivity contribution in [2.75, 3.05) is 31.2 Å². The number of nitriles is 1. The van der Waals surface area contributed by atoms with Crippen LogP contribution in [0.15, 0.2) is 54.1 Å². The maximum absolute atomic E-state index is 13.1. The molecular formula is C23H21N3O2. The summed E-state index contributed by atoms with van der Waals surface area (Å²) in [5.41, 5.74) is 4.32. The van der Waals surface area contributed by atoms with Crippen LogP contribution in [0, 0.1) is 18.3 Å². The number of Topliss-reactive ketones (excluding diaryl/α,β-unsaturated/α-hetero) is 1. The zero-order chi connectivity index (χ0) is 19.5. The first kappa shape index (κ1) is 18.0. The second kappa shape index (κ2) is 7.71. The van der Waals surface area contributed by atoms with Crippen molar-refractivity contribution in [3.63, 3.8) is 0 Å². The topological polar surface area (TPSA) is 69.1 Å². The second-order valence-corrected chi connectivity index (χ2v) is 6.86. The number of allylic oxidation sites excluding steroid dienone is 1. The molecule has 0 spiro atoms. The summed E-state index contributed by atoms with van der Waals surface area (Å²) in [7, 11) is 0. The van der Waals surface area contributed by atoms with Gasteiger partial charge in [0, 0.05) is 35.4 Å². The molecule has 0 bridgehead atoms. The summed E-state index contributed by atoms with van der Waals surface area (Å²) in [5, 5.41) is 10.4. The molecule has 1 aliphatic rings. The Kier molecular flexibility index (Phi) is 4.96. The molecule has 0 aliphatic carbocycles. The zero-order valence-electron chi connectivity index (χ0n) is 15.7. The van der Waals surface area contributed by atoms with Crippen molar-refractivity contribution in [2.45, 2.75) is 6.92 Å². The fraction of sp³-hybridized carbons (Fsp3) is 0.217. The van der Waals surface area contributed by atoms with Crippen LogP contribution in [0.4, 0.5) is 5.69 Å². The average molecular weight is 371 g/mol. The Balaban J connectivity index is 1.63. The normalized spacial score (nSPS) is 14.9. The smallest absolute Gasteiger partial charge is 0.205 e. The van der Waals surface area contributed by atoms with E-state index in [1.165, 1.54) is 0 Å². The van der Waals surface area contributed by atoms with Crippen LogP contribution in [0.2, 0.25) is 0 Å². The van der Waals surface area contributed by atoms with Gasteiger partial charge in [-0.1, -0.05) is 30.3 Å². The van der Waals surface area contributed by atoms with Crippen molar-refractivity contribution in [3.8, 4) is 6.07 Å². The van der Waals surface area contributed by atoms with Crippen molar-refractivity contribution in [3.05, 3.63) is 70.9 Å². The highest BCUT2D eigenvalue weighted by atomic mass is 16.5. The van der Waals surface area contributed by atoms with Crippen LogP contribution in [0.1, 0.15) is 21.6 Å². The third-order valence-corrected chi connectivity index (χ3v) is 5.07. The molecule has 2 aromatic carbocycles. The van der Waals surface area contributed by atoms with Crippen LogP contribution < -0.4 is 4.90 Å². The van der Waals surface area contributed by atoms with E-state index in [0.29, 0.717) is 5.56 Å². The van der Waals surface area contributed by atoms with Crippen molar-refractivity contribution < 1.29 is 9.53 Å². The number of fused-ring (bicyclic) bond motifs is 1. The molecule has 5 nitrogen and oxygen atoms in total. The maximum atomic E-state index is 13.1. The number of ketones is 1. The van der Waals surface area contributed by atoms with Gasteiger partial charge in [0.1, 0.15) is 11.6 Å². The zero-order valence-corrected chi connectivity index (χ0v) is 15.7. The number of benzene rings is 2. The lowest BCUT2D eigenvalue weighted by atomic mass is 9.99. The quantitative estimate of drug-likeness (QED) is 0.426. The number of aromatic amines is 1. The Morgan fingerprint density at radius 3 is 2.57 bits per heavy atom. The molecule has 0 unspecified atom stereocenters. The lowest BCUT2D eigenvalue weighted by Crippen LogP contribution is -2.36. The minimum Gasteiger partial charge on any atom is -0.378 e. The fourth-order valence-corrected chi connectivity index (χ4v) is 3.62. The molecule has 0 amide bonds. The number of aromatic nitrogens is 1. The maximum Gasteiger partial charge on any atom is 0.205 e. The number of carbonyl (C=O) groups is 1. The van der Waals surface area contributed by atoms with E-state index in [0.717, 1.165) is 54.2 Å². The first-order valence-corrected chi connectivity index (χ1v) is 9.34. The molecule has 1 N–H and O–H groups in total. The number of hydrogen-bond acceptors (Lipinski definition) is 4. The monoisotopic (exact) mass is 371 g/mol. The standard InChI is InChI=1S/C23H21N3O2/c1-16-22(20-4-2-3-5-21(20)25-16)23(27)18(15-24)14-17-6-8-19(9-7-17)26-10-12-28-13-11-26/h2-9,14,25H,10-13H2,1H3/b18-14+. The van der Waals surface area contributed by atoms with Crippen LogP contribution in [0.3, 0.4) is 0 Å². The Morgan fingerprint density at radius 1 is 1.14 bits per heavy atom. The minimum absolute atomic E-state index is 0.131. The Bertz CT molecular complexity index is 1080. The number of nitrogens with zero attached hydrogens (tertiary/aromatic N) is 2. The molecule has 140 valence electrons. The third-order valence-electron chi connectivity index (χ3n) is 5.07. The van der Waals surface area contributed by atoms with Gasteiger partial charge in [0.05, 0.1) is 18.8 Å². The van der Waals surface area contributed by atoms with Crippen molar-refractivity contribution >= 4 is 28.4 Å². The number of nitrogens with one attached hydrogen (secondary N) is 1. The number of anilines is 1. The number of aryl methyl sites for hydroxylation is 1. The van der Waals surface area contributed by atoms with Gasteiger partial charge in [0.25, 0.3) is 0 Å². The van der Waals surface area contributed by atoms with Gasteiger partial charge in [-0.15, -0.1) is 0 Å². The molecule has 28 heavy (non-hydrogen) atoms. The summed E-state index contributed by atoms with van der Waals surface area (Å²) in [6, 6.07) is 17.7. The van der Waals surface area contributed by atoms with Crippen LogP contribution >= 0.6 is 0 Å². The molecule has 1 saturated heterocycles. The molecule has 0 radical (unpaired) electrons. The number of ether oxygens (including phenoxy) is 1. The van der Waals surface area contributed by atoms with Gasteiger partial charge in [-0.25, -0.2) is 0 Å². The first-order valence-electron chi connectivity index (χ1n) is 9.34. The van der Waals surface area contributed by atoms with Gasteiger partial charge in [-0.3, -0.25) is 4.79 Å². The van der Waals surface area contributed by atoms with Gasteiger partial charge >= 0.3 is 0 Å². The van der Waals surface area contributed by atoms with Gasteiger partial charge < -0.3 is 14.6 Å². The van der Waals surface area contributed by atoms with E-state index in [2.05, 4.69) is 16.0 Å². The lowest BCUT2D eigenvalue weighted by molar-refractivity contribution is 0.104. The van der Waals surface area contributed by atoms with Crippen molar-refractivity contribution in [1.29, 1.82) is 5.26 Å². The van der Waals surface area contributed by atoms with Crippen LogP contribution in [0.5, 0.6) is 0 Å². The van der Waals surface area contributed by atoms with Crippen molar-refractivity contribution in [1.82, 2.24) is 4.98 Å². The van der Waals surface area contributed by atoms with Gasteiger partial charge in [-0.2, -0.15) is 5.26 Å². The van der Waals surface area contributed by atoms with E-state index in [-0.39, 0.29) is 11.4 Å². The molecule has 3 aromatic rings. The van der Waals surface area contributed by atoms with E-state index < -0.39 is 0 Å². The molecule has 2 heterocycles. The van der Waals surface area contributed by atoms with E-state index in [1.807, 2.05) is 55.5 Å². The van der Waals surface area contributed by atoms with Gasteiger partial charge in [0.15, 0.2) is 0 Å². The molecule has 1 aliphatic heterocycles. The van der Waals surface area contributed by atoms with Gasteiger partial charge in [0.2, 0.25) is 5.78 Å². The number of hydrogen-bond donors (Lipinski definition) is 1. The Labute approximate surface area is 163 Å². The molecule has 4 rings (SSSR count). The number of para-hydroxylation sites is 1. The average Bonchev–Trinajstić information content (AvgIpc) is 3.08. The first-order chi connectivity index (χ1) is 13.7. The molecule has 5 heteroatoms. The number of rotatable bonds is 4. The Morgan fingerprint density at radius 2 is 1.86 bits per heavy atom. The van der Waals surface area contributed by atoms with E-state index >= 15 is 0 Å². The largest absolute Gasteiger partial charge is 0.378 e. The summed E-state index contributed by atoms with van der Waals surface area (Å²) in [6.45, 7) is 5.07. The molecular weight excluding hydrogens is 350 g/mol. The number of H-pyrrole nitrogens is 1. The number of carbonyl (C=O) groups excluding carboxylic acids is 1. The molecule has 1 aromatic heterocycles. The van der Waals surface area contributed by atoms with Crippen LogP contribution in [-0.4, -0.2) is 37.1 Å². The molecule has 0 atom stereocenters. The summed E-state index contributed by atoms with van der Waals surface area (Å²) in [5.74, 6) is -0.255. The lowest BCUT2D eigenvalue weighted by Gasteiger charge is -2.28. The fourth-order valence-electron chi connectivity index (χ4n) is 3.62. The van der Waals surface area contributed by atoms with Crippen LogP contribution in [0.25, 0.3) is 17.0 Å². The third kappa shape index (κ3) is 3.42. The second-order valence-electron chi connectivity index (χ2n) is 6.86. The summed E-state index contributed by atoms with van der Waals surface area (Å²) < 4.78 is 5.39. The predicted molar refractivity (Wildman–Crippen MR) is 110 cm³/mol. The Hall–Kier alpha value is -3.36. The predicted octanol–water partition coefficient (Wildman–Crippen LogP) is 4.10. The van der Waals surface area contributed by atoms with Gasteiger partial charge in [-0.05, 0) is 36.8 Å². The van der Waals surface area contributed by atoms with Crippen molar-refractivity contribution in [2.24, 2.45) is 0 Å². The van der Waals surface area contributed by atoms with E-state index in [1.54, 1.807) is 6.08 Å². The summed E-state index contributed by atoms with van der Waals surface area (Å²) in [6.07, 6.45) is 1.66. The number of morpholine rings is 1. The van der Waals surface area contributed by atoms with E-state index in [4.69, 9.17) is 4.74 Å². The summed E-state index contributed by atoms with van der Waals surface area (Å²) >= 11 is 0.